The highest BCUT2D eigenvalue weighted by atomic mass is 32.1. The van der Waals surface area contributed by atoms with E-state index in [9.17, 15) is 4.79 Å². The van der Waals surface area contributed by atoms with Crippen LogP contribution in [-0.2, 0) is 16.1 Å². The van der Waals surface area contributed by atoms with E-state index < -0.39 is 0 Å². The van der Waals surface area contributed by atoms with Gasteiger partial charge in [-0.1, -0.05) is 36.4 Å². The summed E-state index contributed by atoms with van der Waals surface area (Å²) in [5.41, 5.74) is 2.24. The first-order chi connectivity index (χ1) is 12.2. The number of thiophene rings is 1. The maximum Gasteiger partial charge on any atom is 0.338 e. The molecule has 1 atom stereocenters. The van der Waals surface area contributed by atoms with E-state index in [1.54, 1.807) is 16.0 Å². The van der Waals surface area contributed by atoms with Crippen molar-refractivity contribution in [1.29, 1.82) is 0 Å². The molecule has 1 aliphatic heterocycles. The lowest BCUT2D eigenvalue weighted by atomic mass is 10.0. The molecule has 25 heavy (non-hydrogen) atoms. The molecule has 1 aromatic carbocycles. The molecule has 0 spiro atoms. The van der Waals surface area contributed by atoms with Crippen molar-refractivity contribution in [3.05, 3.63) is 75.9 Å². The smallest absolute Gasteiger partial charge is 0.338 e. The Bertz CT molecular complexity index is 916. The molecule has 0 radical (unpaired) electrons. The third-order valence-electron chi connectivity index (χ3n) is 4.04. The fourth-order valence-electron chi connectivity index (χ4n) is 2.87. The fraction of sp³-hybridized carbons (Fsp3) is 0.167. The van der Waals surface area contributed by atoms with Gasteiger partial charge in [0.05, 0.1) is 5.57 Å². The van der Waals surface area contributed by atoms with E-state index in [1.807, 2.05) is 54.8 Å². The first kappa shape index (κ1) is 15.6. The van der Waals surface area contributed by atoms with Gasteiger partial charge in [-0.05, 0) is 23.9 Å². The summed E-state index contributed by atoms with van der Waals surface area (Å²) in [6.07, 6.45) is 1.48. The molecule has 126 valence electrons. The van der Waals surface area contributed by atoms with Crippen LogP contribution in [0.3, 0.4) is 0 Å². The van der Waals surface area contributed by atoms with Crippen molar-refractivity contribution in [3.63, 3.8) is 0 Å². The molecule has 3 heterocycles. The Kier molecular flexibility index (Phi) is 4.07. The number of aromatic nitrogens is 3. The lowest BCUT2D eigenvalue weighted by molar-refractivity contribution is -0.140. The second kappa shape index (κ2) is 6.52. The van der Waals surface area contributed by atoms with E-state index in [0.717, 1.165) is 16.1 Å². The van der Waals surface area contributed by atoms with Crippen LogP contribution in [0.2, 0.25) is 0 Å². The quantitative estimate of drug-likeness (QED) is 0.729. The second-order valence-corrected chi connectivity index (χ2v) is 6.65. The normalized spacial score (nSPS) is 16.3. The van der Waals surface area contributed by atoms with Crippen molar-refractivity contribution in [2.24, 2.45) is 0 Å². The van der Waals surface area contributed by atoms with Crippen LogP contribution in [0, 0.1) is 0 Å². The van der Waals surface area contributed by atoms with E-state index in [4.69, 9.17) is 4.74 Å². The number of anilines is 1. The van der Waals surface area contributed by atoms with Gasteiger partial charge in [0, 0.05) is 10.6 Å². The molecular weight excluding hydrogens is 336 g/mol. The van der Waals surface area contributed by atoms with Gasteiger partial charge in [-0.25, -0.2) is 9.48 Å². The molecule has 0 bridgehead atoms. The number of hydrogen-bond donors (Lipinski definition) is 1. The van der Waals surface area contributed by atoms with Crippen molar-refractivity contribution >= 4 is 23.3 Å². The molecule has 4 rings (SSSR count). The van der Waals surface area contributed by atoms with Gasteiger partial charge in [-0.2, -0.15) is 10.1 Å². The van der Waals surface area contributed by atoms with E-state index in [1.165, 1.54) is 6.33 Å². The molecule has 0 amide bonds. The van der Waals surface area contributed by atoms with Crippen molar-refractivity contribution in [2.45, 2.75) is 19.6 Å². The van der Waals surface area contributed by atoms with E-state index >= 15 is 0 Å². The predicted molar refractivity (Wildman–Crippen MR) is 95.0 cm³/mol. The van der Waals surface area contributed by atoms with Gasteiger partial charge >= 0.3 is 5.97 Å². The summed E-state index contributed by atoms with van der Waals surface area (Å²) in [4.78, 5) is 18.1. The van der Waals surface area contributed by atoms with E-state index in [-0.39, 0.29) is 18.6 Å². The van der Waals surface area contributed by atoms with Crippen molar-refractivity contribution in [1.82, 2.24) is 14.8 Å². The first-order valence-electron chi connectivity index (χ1n) is 7.86. The number of carbonyl (C=O) groups excluding carboxylic acids is 1. The lowest BCUT2D eigenvalue weighted by Gasteiger charge is -2.27. The summed E-state index contributed by atoms with van der Waals surface area (Å²) in [6.45, 7) is 2.09. The number of benzene rings is 1. The molecule has 1 N–H and O–H groups in total. The molecule has 1 aliphatic rings. The van der Waals surface area contributed by atoms with Crippen LogP contribution in [0.4, 0.5) is 5.95 Å². The Labute approximate surface area is 148 Å². The zero-order valence-electron chi connectivity index (χ0n) is 13.5. The van der Waals surface area contributed by atoms with Crippen LogP contribution in [0.25, 0.3) is 0 Å². The number of allylic oxidation sites excluding steroid dienone is 1. The maximum atomic E-state index is 12.8. The summed E-state index contributed by atoms with van der Waals surface area (Å²) in [5.74, 6) is 0.268. The molecule has 0 saturated heterocycles. The average molecular weight is 352 g/mol. The molecule has 1 unspecified atom stereocenters. The van der Waals surface area contributed by atoms with E-state index in [0.29, 0.717) is 11.5 Å². The SMILES string of the molecule is CC1=C(C(=O)OCc2ccccc2)C(c2cccs2)n2ncnc2N1. The molecule has 6 nitrogen and oxygen atoms in total. The van der Waals surface area contributed by atoms with Crippen LogP contribution in [0.15, 0.2) is 65.4 Å². The zero-order chi connectivity index (χ0) is 17.2. The van der Waals surface area contributed by atoms with Gasteiger partial charge in [0.2, 0.25) is 5.95 Å². The third kappa shape index (κ3) is 2.94. The number of nitrogens with zero attached hydrogens (tertiary/aromatic N) is 3. The highest BCUT2D eigenvalue weighted by molar-refractivity contribution is 7.10. The predicted octanol–water partition coefficient (Wildman–Crippen LogP) is 3.37. The molecule has 0 fully saturated rings. The van der Waals surface area contributed by atoms with Gasteiger partial charge in [-0.3, -0.25) is 0 Å². The summed E-state index contributed by atoms with van der Waals surface area (Å²) < 4.78 is 7.28. The van der Waals surface area contributed by atoms with Crippen molar-refractivity contribution in [3.8, 4) is 0 Å². The minimum absolute atomic E-state index is 0.234. The number of esters is 1. The Hall–Kier alpha value is -2.93. The van der Waals surface area contributed by atoms with Gasteiger partial charge in [0.15, 0.2) is 0 Å². The molecule has 0 saturated carbocycles. The Balaban J connectivity index is 1.65. The minimum atomic E-state index is -0.353. The summed E-state index contributed by atoms with van der Waals surface area (Å²) in [6, 6.07) is 13.3. The largest absolute Gasteiger partial charge is 0.457 e. The van der Waals surface area contributed by atoms with Crippen molar-refractivity contribution in [2.75, 3.05) is 5.32 Å². The monoisotopic (exact) mass is 352 g/mol. The van der Waals surface area contributed by atoms with Crippen LogP contribution in [0.5, 0.6) is 0 Å². The summed E-state index contributed by atoms with van der Waals surface area (Å²) in [5, 5.41) is 9.40. The molecule has 7 heteroatoms. The summed E-state index contributed by atoms with van der Waals surface area (Å²) in [7, 11) is 0. The van der Waals surface area contributed by atoms with E-state index in [2.05, 4.69) is 15.4 Å². The lowest BCUT2D eigenvalue weighted by Crippen LogP contribution is -2.29. The van der Waals surface area contributed by atoms with Crippen LogP contribution >= 0.6 is 11.3 Å². The highest BCUT2D eigenvalue weighted by Gasteiger charge is 2.34. The number of hydrogen-bond acceptors (Lipinski definition) is 6. The molecule has 0 aliphatic carbocycles. The fourth-order valence-corrected chi connectivity index (χ4v) is 3.68. The third-order valence-corrected chi connectivity index (χ3v) is 4.96. The topological polar surface area (TPSA) is 69.0 Å². The second-order valence-electron chi connectivity index (χ2n) is 5.67. The van der Waals surface area contributed by atoms with Crippen molar-refractivity contribution < 1.29 is 9.53 Å². The Morgan fingerprint density at radius 2 is 2.12 bits per heavy atom. The summed E-state index contributed by atoms with van der Waals surface area (Å²) >= 11 is 1.58. The Morgan fingerprint density at radius 3 is 2.88 bits per heavy atom. The van der Waals surface area contributed by atoms with Crippen LogP contribution < -0.4 is 5.32 Å². The highest BCUT2D eigenvalue weighted by Crippen LogP contribution is 2.37. The van der Waals surface area contributed by atoms with Gasteiger partial charge in [-0.15, -0.1) is 11.3 Å². The van der Waals surface area contributed by atoms with Crippen LogP contribution in [-0.4, -0.2) is 20.7 Å². The van der Waals surface area contributed by atoms with Gasteiger partial charge < -0.3 is 10.1 Å². The molecular formula is C18H16N4O2S. The van der Waals surface area contributed by atoms with Gasteiger partial charge in [0.1, 0.15) is 19.0 Å². The Morgan fingerprint density at radius 1 is 1.28 bits per heavy atom. The minimum Gasteiger partial charge on any atom is -0.457 e. The number of ether oxygens (including phenoxy) is 1. The number of fused-ring (bicyclic) bond motifs is 1. The van der Waals surface area contributed by atoms with Crippen LogP contribution in [0.1, 0.15) is 23.4 Å². The maximum absolute atomic E-state index is 12.8. The standard InChI is InChI=1S/C18H16N4O2S/c1-12-15(17(23)24-10-13-6-3-2-4-7-13)16(14-8-5-9-25-14)22-18(21-12)19-11-20-22/h2-9,11,16H,10H2,1H3,(H,19,20,21). The molecule has 3 aromatic rings. The van der Waals surface area contributed by atoms with Gasteiger partial charge in [0.25, 0.3) is 0 Å². The number of nitrogens with one attached hydrogen (secondary N) is 1. The molecule has 2 aromatic heterocycles. The average Bonchev–Trinajstić information content (AvgIpc) is 3.31. The number of rotatable bonds is 4. The first-order valence-corrected chi connectivity index (χ1v) is 8.74. The zero-order valence-corrected chi connectivity index (χ0v) is 14.4. The number of carbonyl (C=O) groups is 1.